The molecule has 0 radical (unpaired) electrons. The van der Waals surface area contributed by atoms with E-state index in [1.807, 2.05) is 22.2 Å². The summed E-state index contributed by atoms with van der Waals surface area (Å²) in [7, 11) is 0. The highest BCUT2D eigenvalue weighted by atomic mass is 16.2. The minimum absolute atomic E-state index is 0.140. The SMILES string of the molecule is CC(C)c1nccn1[C@H]1CCCN(C(=O)[C@@H]2CC(=O)N(C3CC3)C2)C1. The standard InChI is InChI=1S/C19H28N4O2/c1-13(2)18-20-7-9-22(18)16-4-3-8-21(12-16)19(25)14-10-17(24)23(11-14)15-5-6-15/h7,9,13-16H,3-6,8,10-12H2,1-2H3/t14-,16+/m1/s1. The van der Waals surface area contributed by atoms with Gasteiger partial charge in [-0.2, -0.15) is 0 Å². The van der Waals surface area contributed by atoms with Crippen molar-refractivity contribution in [2.75, 3.05) is 19.6 Å². The Bertz CT molecular complexity index is 664. The largest absolute Gasteiger partial charge is 0.340 e. The van der Waals surface area contributed by atoms with Crippen molar-refractivity contribution in [3.05, 3.63) is 18.2 Å². The second-order valence-electron chi connectivity index (χ2n) is 8.11. The second kappa shape index (κ2) is 6.46. The summed E-state index contributed by atoms with van der Waals surface area (Å²) >= 11 is 0. The van der Waals surface area contributed by atoms with Gasteiger partial charge in [0.05, 0.1) is 12.0 Å². The maximum atomic E-state index is 13.0. The summed E-state index contributed by atoms with van der Waals surface area (Å²) < 4.78 is 2.25. The van der Waals surface area contributed by atoms with E-state index in [4.69, 9.17) is 0 Å². The van der Waals surface area contributed by atoms with Gasteiger partial charge in [0.15, 0.2) is 0 Å². The monoisotopic (exact) mass is 344 g/mol. The van der Waals surface area contributed by atoms with E-state index in [-0.39, 0.29) is 17.7 Å². The van der Waals surface area contributed by atoms with Crippen LogP contribution in [0.5, 0.6) is 0 Å². The van der Waals surface area contributed by atoms with Crippen LogP contribution in [-0.4, -0.2) is 56.8 Å². The molecule has 1 aliphatic carbocycles. The number of aromatic nitrogens is 2. The fourth-order valence-corrected chi connectivity index (χ4v) is 4.36. The molecule has 136 valence electrons. The van der Waals surface area contributed by atoms with Crippen LogP contribution in [0.4, 0.5) is 0 Å². The highest BCUT2D eigenvalue weighted by molar-refractivity contribution is 5.89. The number of likely N-dealkylation sites (tertiary alicyclic amines) is 2. The van der Waals surface area contributed by atoms with Gasteiger partial charge in [0.2, 0.25) is 11.8 Å². The van der Waals surface area contributed by atoms with Crippen LogP contribution in [0.1, 0.15) is 63.7 Å². The fourth-order valence-electron chi connectivity index (χ4n) is 4.36. The van der Waals surface area contributed by atoms with Gasteiger partial charge in [-0.3, -0.25) is 9.59 Å². The lowest BCUT2D eigenvalue weighted by Crippen LogP contribution is -2.44. The van der Waals surface area contributed by atoms with E-state index < -0.39 is 0 Å². The van der Waals surface area contributed by atoms with Gasteiger partial charge >= 0.3 is 0 Å². The van der Waals surface area contributed by atoms with Crippen LogP contribution in [0, 0.1) is 5.92 Å². The predicted octanol–water partition coefficient (Wildman–Crippen LogP) is 2.18. The molecule has 0 bridgehead atoms. The zero-order chi connectivity index (χ0) is 17.6. The topological polar surface area (TPSA) is 58.4 Å². The summed E-state index contributed by atoms with van der Waals surface area (Å²) in [5, 5.41) is 0. The molecule has 2 atom stereocenters. The molecule has 6 nitrogen and oxygen atoms in total. The Morgan fingerprint density at radius 2 is 2.00 bits per heavy atom. The smallest absolute Gasteiger partial charge is 0.228 e. The van der Waals surface area contributed by atoms with Crippen LogP contribution in [0.15, 0.2) is 12.4 Å². The van der Waals surface area contributed by atoms with E-state index in [2.05, 4.69) is 23.4 Å². The normalized spacial score (nSPS) is 27.4. The number of amides is 2. The average Bonchev–Trinajstić information content (AvgIpc) is 3.18. The molecule has 2 saturated heterocycles. The Morgan fingerprint density at radius 1 is 1.20 bits per heavy atom. The Hall–Kier alpha value is -1.85. The summed E-state index contributed by atoms with van der Waals surface area (Å²) in [4.78, 5) is 33.6. The molecule has 2 amide bonds. The third-order valence-corrected chi connectivity index (χ3v) is 5.81. The second-order valence-corrected chi connectivity index (χ2v) is 8.11. The van der Waals surface area contributed by atoms with Crippen molar-refractivity contribution in [3.8, 4) is 0 Å². The van der Waals surface area contributed by atoms with Crippen LogP contribution < -0.4 is 0 Å². The molecule has 1 aromatic rings. The highest BCUT2D eigenvalue weighted by Gasteiger charge is 2.43. The molecule has 6 heteroatoms. The minimum atomic E-state index is -0.140. The number of hydrogen-bond donors (Lipinski definition) is 0. The number of piperidine rings is 1. The maximum absolute atomic E-state index is 13.0. The summed E-state index contributed by atoms with van der Waals surface area (Å²) in [5.74, 6) is 1.67. The van der Waals surface area contributed by atoms with Gasteiger partial charge in [0, 0.05) is 50.4 Å². The van der Waals surface area contributed by atoms with Crippen molar-refractivity contribution in [1.82, 2.24) is 19.4 Å². The average molecular weight is 344 g/mol. The van der Waals surface area contributed by atoms with Gasteiger partial charge in [-0.15, -0.1) is 0 Å². The summed E-state index contributed by atoms with van der Waals surface area (Å²) in [6, 6.07) is 0.716. The van der Waals surface area contributed by atoms with Gasteiger partial charge < -0.3 is 14.4 Å². The van der Waals surface area contributed by atoms with E-state index in [0.717, 1.165) is 44.6 Å². The van der Waals surface area contributed by atoms with E-state index >= 15 is 0 Å². The van der Waals surface area contributed by atoms with Crippen molar-refractivity contribution < 1.29 is 9.59 Å². The molecule has 4 rings (SSSR count). The first-order valence-electron chi connectivity index (χ1n) is 9.65. The number of carbonyl (C=O) groups is 2. The number of imidazole rings is 1. The molecule has 0 unspecified atom stereocenters. The van der Waals surface area contributed by atoms with Crippen molar-refractivity contribution in [2.24, 2.45) is 5.92 Å². The number of nitrogens with zero attached hydrogens (tertiary/aromatic N) is 4. The molecule has 3 fully saturated rings. The molecule has 0 spiro atoms. The minimum Gasteiger partial charge on any atom is -0.340 e. The first-order chi connectivity index (χ1) is 12.0. The van der Waals surface area contributed by atoms with Gasteiger partial charge in [-0.25, -0.2) is 4.98 Å². The first-order valence-corrected chi connectivity index (χ1v) is 9.65. The van der Waals surface area contributed by atoms with Gasteiger partial charge in [0.25, 0.3) is 0 Å². The summed E-state index contributed by atoms with van der Waals surface area (Å²) in [6.07, 6.45) is 8.62. The molecular formula is C19H28N4O2. The quantitative estimate of drug-likeness (QED) is 0.841. The molecule has 3 heterocycles. The van der Waals surface area contributed by atoms with Gasteiger partial charge in [-0.1, -0.05) is 13.8 Å². The van der Waals surface area contributed by atoms with E-state index in [0.29, 0.717) is 31.0 Å². The van der Waals surface area contributed by atoms with Crippen molar-refractivity contribution in [3.63, 3.8) is 0 Å². The third-order valence-electron chi connectivity index (χ3n) is 5.81. The first kappa shape index (κ1) is 16.6. The molecule has 2 aliphatic heterocycles. The Balaban J connectivity index is 1.43. The van der Waals surface area contributed by atoms with Crippen LogP contribution in [-0.2, 0) is 9.59 Å². The molecule has 1 aromatic heterocycles. The van der Waals surface area contributed by atoms with Crippen LogP contribution in [0.3, 0.4) is 0 Å². The molecule has 0 N–H and O–H groups in total. The fraction of sp³-hybridized carbons (Fsp3) is 0.737. The predicted molar refractivity (Wildman–Crippen MR) is 94.0 cm³/mol. The zero-order valence-electron chi connectivity index (χ0n) is 15.2. The van der Waals surface area contributed by atoms with Crippen LogP contribution >= 0.6 is 0 Å². The van der Waals surface area contributed by atoms with Crippen LogP contribution in [0.25, 0.3) is 0 Å². The van der Waals surface area contributed by atoms with Crippen molar-refractivity contribution in [1.29, 1.82) is 0 Å². The molecular weight excluding hydrogens is 316 g/mol. The van der Waals surface area contributed by atoms with E-state index in [1.54, 1.807) is 0 Å². The van der Waals surface area contributed by atoms with Gasteiger partial charge in [0.1, 0.15) is 5.82 Å². The van der Waals surface area contributed by atoms with Crippen molar-refractivity contribution >= 4 is 11.8 Å². The molecule has 25 heavy (non-hydrogen) atoms. The Morgan fingerprint density at radius 3 is 2.72 bits per heavy atom. The lowest BCUT2D eigenvalue weighted by molar-refractivity contribution is -0.137. The zero-order valence-corrected chi connectivity index (χ0v) is 15.2. The van der Waals surface area contributed by atoms with Gasteiger partial charge in [-0.05, 0) is 25.7 Å². The Kier molecular flexibility index (Phi) is 4.29. The maximum Gasteiger partial charge on any atom is 0.228 e. The van der Waals surface area contributed by atoms with Crippen molar-refractivity contribution in [2.45, 2.75) is 64.0 Å². The highest BCUT2D eigenvalue weighted by Crippen LogP contribution is 2.34. The number of carbonyl (C=O) groups excluding carboxylic acids is 2. The molecule has 0 aromatic carbocycles. The molecule has 3 aliphatic rings. The number of hydrogen-bond acceptors (Lipinski definition) is 3. The Labute approximate surface area is 149 Å². The lowest BCUT2D eigenvalue weighted by Gasteiger charge is -2.35. The van der Waals surface area contributed by atoms with E-state index in [1.165, 1.54) is 0 Å². The summed E-state index contributed by atoms with van der Waals surface area (Å²) in [6.45, 7) is 6.49. The third kappa shape index (κ3) is 3.18. The van der Waals surface area contributed by atoms with Crippen LogP contribution in [0.2, 0.25) is 0 Å². The van der Waals surface area contributed by atoms with E-state index in [9.17, 15) is 9.59 Å². The summed E-state index contributed by atoms with van der Waals surface area (Å²) in [5.41, 5.74) is 0. The molecule has 1 saturated carbocycles. The lowest BCUT2D eigenvalue weighted by atomic mass is 10.0. The number of rotatable bonds is 4.